The van der Waals surface area contributed by atoms with Crippen LogP contribution in [-0.4, -0.2) is 108 Å². The highest BCUT2D eigenvalue weighted by molar-refractivity contribution is 6.22. The van der Waals surface area contributed by atoms with Gasteiger partial charge in [0.1, 0.15) is 24.0 Å². The summed E-state index contributed by atoms with van der Waals surface area (Å²) in [6, 6.07) is 8.73. The van der Waals surface area contributed by atoms with Crippen molar-refractivity contribution in [1.82, 2.24) is 24.7 Å². The average molecular weight is 464 g/mol. The molecule has 0 bridgehead atoms. The van der Waals surface area contributed by atoms with Crippen molar-refractivity contribution in [2.24, 2.45) is 0 Å². The summed E-state index contributed by atoms with van der Waals surface area (Å²) in [7, 11) is 2.13. The Morgan fingerprint density at radius 3 is 1.85 bits per heavy atom. The normalized spacial score (nSPS) is 19.1. The van der Waals surface area contributed by atoms with Gasteiger partial charge in [0.25, 0.3) is 11.8 Å². The molecule has 2 aromatic rings. The van der Waals surface area contributed by atoms with Gasteiger partial charge < -0.3 is 19.6 Å². The van der Waals surface area contributed by atoms with E-state index in [4.69, 9.17) is 0 Å². The number of carbonyl (C=O) groups excluding carboxylic acids is 3. The van der Waals surface area contributed by atoms with Gasteiger partial charge in [-0.3, -0.25) is 19.3 Å². The van der Waals surface area contributed by atoms with E-state index in [1.54, 1.807) is 29.2 Å². The van der Waals surface area contributed by atoms with Crippen LogP contribution in [0.15, 0.2) is 30.3 Å². The summed E-state index contributed by atoms with van der Waals surface area (Å²) in [5, 5.41) is 0. The summed E-state index contributed by atoms with van der Waals surface area (Å²) < 4.78 is 0. The van der Waals surface area contributed by atoms with Crippen LogP contribution in [0.2, 0.25) is 0 Å². The van der Waals surface area contributed by atoms with Crippen molar-refractivity contribution in [2.45, 2.75) is 6.92 Å². The van der Waals surface area contributed by atoms with Crippen molar-refractivity contribution in [1.29, 1.82) is 0 Å². The molecule has 4 heterocycles. The van der Waals surface area contributed by atoms with Crippen LogP contribution in [0, 0.1) is 6.92 Å². The molecule has 34 heavy (non-hydrogen) atoms. The van der Waals surface area contributed by atoms with Gasteiger partial charge in [-0.15, -0.1) is 0 Å². The van der Waals surface area contributed by atoms with Crippen molar-refractivity contribution < 1.29 is 14.4 Å². The summed E-state index contributed by atoms with van der Waals surface area (Å²) in [5.74, 6) is 1.52. The number of likely N-dealkylation sites (N-methyl/N-ethyl adjacent to an activating group) is 1. The highest BCUT2D eigenvalue weighted by Crippen LogP contribution is 2.24. The lowest BCUT2D eigenvalue weighted by Crippen LogP contribution is -2.52. The standard InChI is InChI=1S/C24H29N7O3/c1-17-25-20(28-9-7-27(2)8-10-28)15-21(26-17)29-11-13-30(14-12-29)22(32)16-31-23(33)18-5-3-4-6-19(18)24(31)34/h3-6,15H,7-14,16H2,1-2H3. The minimum Gasteiger partial charge on any atom is -0.354 e. The van der Waals surface area contributed by atoms with E-state index in [0.29, 0.717) is 37.3 Å². The fraction of sp³-hybridized carbons (Fsp3) is 0.458. The maximum Gasteiger partial charge on any atom is 0.262 e. The number of benzene rings is 1. The van der Waals surface area contributed by atoms with E-state index in [1.165, 1.54) is 0 Å². The Bertz CT molecular complexity index is 1090. The Kier molecular flexibility index (Phi) is 5.91. The molecular formula is C24H29N7O3. The zero-order valence-corrected chi connectivity index (χ0v) is 19.6. The third-order valence-corrected chi connectivity index (χ3v) is 6.77. The maximum atomic E-state index is 12.9. The third kappa shape index (κ3) is 4.21. The molecule has 3 aliphatic rings. The predicted molar refractivity (Wildman–Crippen MR) is 127 cm³/mol. The fourth-order valence-corrected chi connectivity index (χ4v) is 4.70. The zero-order valence-electron chi connectivity index (χ0n) is 19.6. The van der Waals surface area contributed by atoms with E-state index in [9.17, 15) is 14.4 Å². The van der Waals surface area contributed by atoms with E-state index in [2.05, 4.69) is 31.7 Å². The molecule has 0 aliphatic carbocycles. The number of hydrogen-bond donors (Lipinski definition) is 0. The largest absolute Gasteiger partial charge is 0.354 e. The van der Waals surface area contributed by atoms with Crippen molar-refractivity contribution in [3.63, 3.8) is 0 Å². The second kappa shape index (κ2) is 9.02. The number of amides is 3. The van der Waals surface area contributed by atoms with Crippen LogP contribution >= 0.6 is 0 Å². The number of rotatable bonds is 4. The van der Waals surface area contributed by atoms with Gasteiger partial charge in [-0.1, -0.05) is 12.1 Å². The molecule has 0 atom stereocenters. The second-order valence-corrected chi connectivity index (χ2v) is 9.03. The van der Waals surface area contributed by atoms with Gasteiger partial charge >= 0.3 is 0 Å². The number of aromatic nitrogens is 2. The zero-order chi connectivity index (χ0) is 23.8. The highest BCUT2D eigenvalue weighted by Gasteiger charge is 2.37. The Morgan fingerprint density at radius 2 is 1.32 bits per heavy atom. The van der Waals surface area contributed by atoms with E-state index in [1.807, 2.05) is 13.0 Å². The average Bonchev–Trinajstić information content (AvgIpc) is 3.09. The lowest BCUT2D eigenvalue weighted by Gasteiger charge is -2.37. The van der Waals surface area contributed by atoms with Crippen LogP contribution in [-0.2, 0) is 4.79 Å². The summed E-state index contributed by atoms with van der Waals surface area (Å²) in [6.07, 6.45) is 0. The predicted octanol–water partition coefficient (Wildman–Crippen LogP) is 0.482. The molecule has 5 rings (SSSR count). The van der Waals surface area contributed by atoms with Gasteiger partial charge in [0.2, 0.25) is 5.91 Å². The number of anilines is 2. The number of hydrogen-bond acceptors (Lipinski definition) is 8. The number of fused-ring (bicyclic) bond motifs is 1. The molecule has 0 radical (unpaired) electrons. The molecule has 0 N–H and O–H groups in total. The first-order valence-corrected chi connectivity index (χ1v) is 11.7. The van der Waals surface area contributed by atoms with Crippen LogP contribution in [0.4, 0.5) is 11.6 Å². The van der Waals surface area contributed by atoms with E-state index >= 15 is 0 Å². The molecule has 10 nitrogen and oxygen atoms in total. The molecule has 1 aromatic heterocycles. The van der Waals surface area contributed by atoms with Crippen LogP contribution < -0.4 is 9.80 Å². The number of piperazine rings is 2. The van der Waals surface area contributed by atoms with E-state index < -0.39 is 11.8 Å². The molecule has 3 aliphatic heterocycles. The summed E-state index contributed by atoms with van der Waals surface area (Å²) in [4.78, 5) is 56.9. The molecular weight excluding hydrogens is 434 g/mol. The number of imide groups is 1. The monoisotopic (exact) mass is 463 g/mol. The number of carbonyl (C=O) groups is 3. The SMILES string of the molecule is Cc1nc(N2CCN(C)CC2)cc(N2CCN(C(=O)CN3C(=O)c4ccccc4C3=O)CC2)n1. The lowest BCUT2D eigenvalue weighted by atomic mass is 10.1. The van der Waals surface area contributed by atoms with Gasteiger partial charge in [-0.25, -0.2) is 9.97 Å². The van der Waals surface area contributed by atoms with Crippen LogP contribution in [0.5, 0.6) is 0 Å². The summed E-state index contributed by atoms with van der Waals surface area (Å²) >= 11 is 0. The number of nitrogens with zero attached hydrogens (tertiary/aromatic N) is 7. The molecule has 1 aromatic carbocycles. The molecule has 0 saturated carbocycles. The topological polar surface area (TPSA) is 93.2 Å². The lowest BCUT2D eigenvalue weighted by molar-refractivity contribution is -0.131. The highest BCUT2D eigenvalue weighted by atomic mass is 16.2. The molecule has 10 heteroatoms. The molecule has 3 amide bonds. The first-order valence-electron chi connectivity index (χ1n) is 11.7. The third-order valence-electron chi connectivity index (χ3n) is 6.77. The Hall–Kier alpha value is -3.53. The quantitative estimate of drug-likeness (QED) is 0.605. The van der Waals surface area contributed by atoms with Crippen molar-refractivity contribution >= 4 is 29.4 Å². The smallest absolute Gasteiger partial charge is 0.262 e. The fourth-order valence-electron chi connectivity index (χ4n) is 4.70. The minimum absolute atomic E-state index is 0.217. The van der Waals surface area contributed by atoms with Gasteiger partial charge in [-0.2, -0.15) is 0 Å². The van der Waals surface area contributed by atoms with Gasteiger partial charge in [-0.05, 0) is 26.1 Å². The van der Waals surface area contributed by atoms with Crippen molar-refractivity contribution in [3.05, 3.63) is 47.3 Å². The van der Waals surface area contributed by atoms with Crippen LogP contribution in [0.3, 0.4) is 0 Å². The first kappa shape index (κ1) is 22.3. The van der Waals surface area contributed by atoms with Crippen LogP contribution in [0.25, 0.3) is 0 Å². The Balaban J connectivity index is 1.20. The second-order valence-electron chi connectivity index (χ2n) is 9.03. The molecule has 0 spiro atoms. The van der Waals surface area contributed by atoms with Crippen LogP contribution in [0.1, 0.15) is 26.5 Å². The molecule has 178 valence electrons. The summed E-state index contributed by atoms with van der Waals surface area (Å²) in [5.41, 5.74) is 0.723. The van der Waals surface area contributed by atoms with E-state index in [0.717, 1.165) is 48.5 Å². The Labute approximate surface area is 198 Å². The first-order chi connectivity index (χ1) is 16.4. The summed E-state index contributed by atoms with van der Waals surface area (Å²) in [6.45, 7) is 7.84. The maximum absolute atomic E-state index is 12.9. The van der Waals surface area contributed by atoms with Crippen molar-refractivity contribution in [2.75, 3.05) is 75.8 Å². The molecule has 0 unspecified atom stereocenters. The molecule has 2 saturated heterocycles. The van der Waals surface area contributed by atoms with Gasteiger partial charge in [0.05, 0.1) is 11.1 Å². The van der Waals surface area contributed by atoms with Gasteiger partial charge in [0.15, 0.2) is 0 Å². The van der Waals surface area contributed by atoms with Gasteiger partial charge in [0, 0.05) is 58.4 Å². The Morgan fingerprint density at radius 1 is 0.824 bits per heavy atom. The molecule has 2 fully saturated rings. The van der Waals surface area contributed by atoms with Crippen molar-refractivity contribution in [3.8, 4) is 0 Å². The van der Waals surface area contributed by atoms with E-state index in [-0.39, 0.29) is 12.5 Å². The number of aryl methyl sites for hydroxylation is 1. The minimum atomic E-state index is -0.402.